The van der Waals surface area contributed by atoms with Crippen molar-refractivity contribution in [2.75, 3.05) is 58.6 Å². The van der Waals surface area contributed by atoms with Crippen LogP contribution in [0.3, 0.4) is 0 Å². The molecule has 0 saturated heterocycles. The summed E-state index contributed by atoms with van der Waals surface area (Å²) in [6.45, 7) is 6.38. The monoisotopic (exact) mass is 536 g/mol. The molecule has 2 aromatic heterocycles. The first-order chi connectivity index (χ1) is 18.4. The van der Waals surface area contributed by atoms with Gasteiger partial charge in [0.1, 0.15) is 23.9 Å². The Labute approximate surface area is 228 Å². The van der Waals surface area contributed by atoms with E-state index in [-0.39, 0.29) is 5.92 Å². The molecule has 0 fully saturated rings. The van der Waals surface area contributed by atoms with Gasteiger partial charge >= 0.3 is 0 Å². The van der Waals surface area contributed by atoms with Gasteiger partial charge in [0.15, 0.2) is 5.13 Å². The molecule has 1 aliphatic carbocycles. The fourth-order valence-electron chi connectivity index (χ4n) is 4.08. The van der Waals surface area contributed by atoms with Crippen LogP contribution in [-0.2, 0) is 9.47 Å². The predicted molar refractivity (Wildman–Crippen MR) is 153 cm³/mol. The van der Waals surface area contributed by atoms with Gasteiger partial charge in [0.05, 0.1) is 30.5 Å². The van der Waals surface area contributed by atoms with E-state index in [4.69, 9.17) is 24.2 Å². The highest BCUT2D eigenvalue weighted by molar-refractivity contribution is 7.19. The Bertz CT molecular complexity index is 1300. The maximum atomic E-state index is 5.92. The molecular formula is C28H36N6O3S. The fraction of sp³-hybridized carbons (Fsp3) is 0.393. The van der Waals surface area contributed by atoms with Crippen LogP contribution in [0.5, 0.6) is 5.75 Å². The first-order valence-corrected chi connectivity index (χ1v) is 13.4. The third kappa shape index (κ3) is 6.81. The normalized spacial score (nSPS) is 15.1. The first kappa shape index (κ1) is 27.4. The van der Waals surface area contributed by atoms with Gasteiger partial charge in [-0.1, -0.05) is 11.3 Å². The van der Waals surface area contributed by atoms with Crippen LogP contribution in [0.2, 0.25) is 0 Å². The molecule has 1 unspecified atom stereocenters. The van der Waals surface area contributed by atoms with Crippen LogP contribution in [0.1, 0.15) is 30.5 Å². The largest absolute Gasteiger partial charge is 0.501 e. The van der Waals surface area contributed by atoms with E-state index in [0.717, 1.165) is 63.0 Å². The third-order valence-corrected chi connectivity index (χ3v) is 7.09. The minimum atomic E-state index is -0.00220. The van der Waals surface area contributed by atoms with E-state index in [2.05, 4.69) is 33.5 Å². The van der Waals surface area contributed by atoms with E-state index >= 15 is 0 Å². The standard InChI is InChI=1S/C28H36N6O3S/c1-7-29-28-33-25(19-15-21(35-5)17-22(16-19)36-6)26(38-28)23-10-11-30-27(32-23)31-20-8-9-24(18(2)14-20)37-13-12-34(3)4/h8-11,14-15,17,19H,7,12-13,16H2,1-6H3,(H,29,33)(H,30,31,32). The Morgan fingerprint density at radius 3 is 2.68 bits per heavy atom. The molecular weight excluding hydrogens is 500 g/mol. The van der Waals surface area contributed by atoms with Crippen molar-refractivity contribution < 1.29 is 14.2 Å². The second-order valence-corrected chi connectivity index (χ2v) is 10.2. The van der Waals surface area contributed by atoms with Crippen LogP contribution in [0.15, 0.2) is 54.1 Å². The van der Waals surface area contributed by atoms with Gasteiger partial charge in [-0.2, -0.15) is 0 Å². The van der Waals surface area contributed by atoms with Gasteiger partial charge in [-0.3, -0.25) is 0 Å². The number of rotatable bonds is 12. The summed E-state index contributed by atoms with van der Waals surface area (Å²) in [7, 11) is 7.41. The number of aryl methyl sites for hydroxylation is 1. The molecule has 2 N–H and O–H groups in total. The van der Waals surface area contributed by atoms with E-state index < -0.39 is 0 Å². The maximum absolute atomic E-state index is 5.92. The molecule has 0 aliphatic heterocycles. The Kier molecular flexibility index (Phi) is 9.19. The molecule has 2 heterocycles. The average molecular weight is 537 g/mol. The molecule has 1 atom stereocenters. The summed E-state index contributed by atoms with van der Waals surface area (Å²) in [5, 5.41) is 7.55. The number of hydrogen-bond acceptors (Lipinski definition) is 10. The van der Waals surface area contributed by atoms with Gasteiger partial charge in [-0.25, -0.2) is 15.0 Å². The zero-order valence-corrected chi connectivity index (χ0v) is 23.7. The van der Waals surface area contributed by atoms with Gasteiger partial charge in [0.2, 0.25) is 5.95 Å². The van der Waals surface area contributed by atoms with E-state index in [9.17, 15) is 0 Å². The van der Waals surface area contributed by atoms with Crippen molar-refractivity contribution in [1.82, 2.24) is 19.9 Å². The summed E-state index contributed by atoms with van der Waals surface area (Å²) in [4.78, 5) is 17.3. The number of anilines is 3. The van der Waals surface area contributed by atoms with Crippen LogP contribution in [0.4, 0.5) is 16.8 Å². The average Bonchev–Trinajstić information content (AvgIpc) is 3.34. The molecule has 9 nitrogen and oxygen atoms in total. The smallest absolute Gasteiger partial charge is 0.227 e. The zero-order chi connectivity index (χ0) is 27.1. The second kappa shape index (κ2) is 12.7. The molecule has 3 aromatic rings. The maximum Gasteiger partial charge on any atom is 0.227 e. The van der Waals surface area contributed by atoms with Crippen molar-refractivity contribution in [3.63, 3.8) is 0 Å². The SMILES string of the molecule is CCNc1nc(C2C=C(OC)C=C(OC)C2)c(-c2ccnc(Nc3ccc(OCCN(C)C)c(C)c3)n2)s1. The number of ether oxygens (including phenoxy) is 3. The Morgan fingerprint density at radius 2 is 1.97 bits per heavy atom. The van der Waals surface area contributed by atoms with Crippen LogP contribution in [-0.4, -0.2) is 67.9 Å². The summed E-state index contributed by atoms with van der Waals surface area (Å²) in [6, 6.07) is 7.92. The summed E-state index contributed by atoms with van der Waals surface area (Å²) >= 11 is 1.59. The van der Waals surface area contributed by atoms with Crippen molar-refractivity contribution in [2.24, 2.45) is 0 Å². The Morgan fingerprint density at radius 1 is 1.13 bits per heavy atom. The predicted octanol–water partition coefficient (Wildman–Crippen LogP) is 5.57. The lowest BCUT2D eigenvalue weighted by Crippen LogP contribution is -2.19. The molecule has 0 radical (unpaired) electrons. The van der Waals surface area contributed by atoms with Crippen LogP contribution in [0, 0.1) is 6.92 Å². The Hall–Kier alpha value is -3.63. The molecule has 4 rings (SSSR count). The number of aromatic nitrogens is 3. The van der Waals surface area contributed by atoms with Crippen molar-refractivity contribution in [2.45, 2.75) is 26.2 Å². The minimum Gasteiger partial charge on any atom is -0.501 e. The number of nitrogens with one attached hydrogen (secondary N) is 2. The molecule has 0 spiro atoms. The lowest BCUT2D eigenvalue weighted by atomic mass is 9.93. The lowest BCUT2D eigenvalue weighted by Gasteiger charge is -2.20. The summed E-state index contributed by atoms with van der Waals surface area (Å²) in [5.74, 6) is 3.00. The molecule has 10 heteroatoms. The van der Waals surface area contributed by atoms with Gasteiger partial charge in [-0.05, 0) is 63.8 Å². The fourth-order valence-corrected chi connectivity index (χ4v) is 5.15. The number of hydrogen-bond donors (Lipinski definition) is 2. The molecule has 1 aliphatic rings. The number of nitrogens with zero attached hydrogens (tertiary/aromatic N) is 4. The van der Waals surface area contributed by atoms with Crippen LogP contribution >= 0.6 is 11.3 Å². The highest BCUT2D eigenvalue weighted by Crippen LogP contribution is 2.41. The van der Waals surface area contributed by atoms with Gasteiger partial charge in [0.25, 0.3) is 0 Å². The van der Waals surface area contributed by atoms with E-state index in [1.165, 1.54) is 0 Å². The van der Waals surface area contributed by atoms with Crippen molar-refractivity contribution in [3.8, 4) is 16.3 Å². The van der Waals surface area contributed by atoms with Gasteiger partial charge in [-0.15, -0.1) is 0 Å². The molecule has 1 aromatic carbocycles. The van der Waals surface area contributed by atoms with Gasteiger partial charge < -0.3 is 29.7 Å². The number of methoxy groups -OCH3 is 2. The summed E-state index contributed by atoms with van der Waals surface area (Å²) < 4.78 is 17.0. The van der Waals surface area contributed by atoms with Crippen molar-refractivity contribution in [1.29, 1.82) is 0 Å². The first-order valence-electron chi connectivity index (χ1n) is 12.6. The number of benzene rings is 1. The topological polar surface area (TPSA) is 93.7 Å². The van der Waals surface area contributed by atoms with E-state index in [0.29, 0.717) is 19.0 Å². The molecule has 0 saturated carbocycles. The molecule has 0 amide bonds. The van der Waals surface area contributed by atoms with Crippen molar-refractivity contribution >= 4 is 28.1 Å². The van der Waals surface area contributed by atoms with E-state index in [1.807, 2.05) is 51.4 Å². The second-order valence-electron chi connectivity index (χ2n) is 9.18. The summed E-state index contributed by atoms with van der Waals surface area (Å²) in [6.07, 6.45) is 6.47. The number of likely N-dealkylation sites (N-methyl/N-ethyl adjacent to an activating group) is 1. The van der Waals surface area contributed by atoms with Gasteiger partial charge in [0, 0.05) is 43.4 Å². The molecule has 202 valence electrons. The van der Waals surface area contributed by atoms with Crippen LogP contribution < -0.4 is 15.4 Å². The zero-order valence-electron chi connectivity index (χ0n) is 22.9. The molecule has 0 bridgehead atoms. The third-order valence-electron chi connectivity index (χ3n) is 6.04. The van der Waals surface area contributed by atoms with Crippen LogP contribution in [0.25, 0.3) is 10.6 Å². The quantitative estimate of drug-likeness (QED) is 0.308. The number of allylic oxidation sites excluding steroid dienone is 3. The highest BCUT2D eigenvalue weighted by atomic mass is 32.1. The molecule has 38 heavy (non-hydrogen) atoms. The minimum absolute atomic E-state index is 0.00220. The van der Waals surface area contributed by atoms with E-state index in [1.54, 1.807) is 31.8 Å². The number of thiazole rings is 1. The summed E-state index contributed by atoms with van der Waals surface area (Å²) in [5.41, 5.74) is 3.68. The lowest BCUT2D eigenvalue weighted by molar-refractivity contribution is 0.252. The Balaban J connectivity index is 1.59. The highest BCUT2D eigenvalue weighted by Gasteiger charge is 2.26. The van der Waals surface area contributed by atoms with Crippen molar-refractivity contribution in [3.05, 3.63) is 65.4 Å².